The standard InChI is InChI=1S/C23H31Cl2N3O2/c1-5-6-12-27(15-19-8-7-11-26(19)4)22(29)16-28(14-17(2)3)23(30)18-9-10-20(24)21(25)13-18/h7-11,13,17H,5-6,12,14-16H2,1-4H3. The molecule has 2 amide bonds. The number of aryl methyl sites for hydroxylation is 1. The van der Waals surface area contributed by atoms with Crippen LogP contribution in [-0.2, 0) is 18.4 Å². The fourth-order valence-electron chi connectivity index (χ4n) is 3.23. The second kappa shape index (κ2) is 11.4. The van der Waals surface area contributed by atoms with E-state index < -0.39 is 0 Å². The van der Waals surface area contributed by atoms with E-state index in [0.29, 0.717) is 35.2 Å². The summed E-state index contributed by atoms with van der Waals surface area (Å²) in [4.78, 5) is 29.8. The first kappa shape index (κ1) is 24.3. The molecule has 0 aliphatic carbocycles. The van der Waals surface area contributed by atoms with E-state index in [2.05, 4.69) is 6.92 Å². The molecule has 0 atom stereocenters. The molecule has 0 saturated carbocycles. The normalized spacial score (nSPS) is 11.0. The SMILES string of the molecule is CCCCN(Cc1cccn1C)C(=O)CN(CC(C)C)C(=O)c1ccc(Cl)c(Cl)c1. The van der Waals surface area contributed by atoms with Gasteiger partial charge in [0.05, 0.1) is 16.6 Å². The zero-order chi connectivity index (χ0) is 22.3. The molecule has 0 spiro atoms. The molecule has 0 saturated heterocycles. The smallest absolute Gasteiger partial charge is 0.254 e. The second-order valence-electron chi connectivity index (χ2n) is 7.99. The Morgan fingerprint density at radius 3 is 2.40 bits per heavy atom. The van der Waals surface area contributed by atoms with E-state index in [-0.39, 0.29) is 24.3 Å². The Hall–Kier alpha value is -1.98. The number of halogens is 2. The van der Waals surface area contributed by atoms with E-state index in [1.54, 1.807) is 23.1 Å². The minimum atomic E-state index is -0.218. The number of carbonyl (C=O) groups is 2. The van der Waals surface area contributed by atoms with Gasteiger partial charge in [-0.15, -0.1) is 0 Å². The first-order valence-corrected chi connectivity index (χ1v) is 11.1. The lowest BCUT2D eigenvalue weighted by Crippen LogP contribution is -2.44. The zero-order valence-corrected chi connectivity index (χ0v) is 19.7. The Labute approximate surface area is 189 Å². The Balaban J connectivity index is 2.20. The summed E-state index contributed by atoms with van der Waals surface area (Å²) in [5, 5.41) is 0.722. The highest BCUT2D eigenvalue weighted by molar-refractivity contribution is 6.42. The van der Waals surface area contributed by atoms with Crippen molar-refractivity contribution in [2.75, 3.05) is 19.6 Å². The Bertz CT molecular complexity index is 864. The fourth-order valence-corrected chi connectivity index (χ4v) is 3.53. The molecule has 1 aromatic carbocycles. The molecule has 2 rings (SSSR count). The van der Waals surface area contributed by atoms with E-state index in [1.807, 2.05) is 48.7 Å². The molecule has 1 heterocycles. The van der Waals surface area contributed by atoms with E-state index in [1.165, 1.54) is 0 Å². The Kier molecular flexibility index (Phi) is 9.25. The minimum Gasteiger partial charge on any atom is -0.353 e. The van der Waals surface area contributed by atoms with Crippen LogP contribution in [0.5, 0.6) is 0 Å². The van der Waals surface area contributed by atoms with Crippen molar-refractivity contribution in [3.63, 3.8) is 0 Å². The van der Waals surface area contributed by atoms with Gasteiger partial charge in [0.15, 0.2) is 0 Å². The topological polar surface area (TPSA) is 45.6 Å². The van der Waals surface area contributed by atoms with Gasteiger partial charge in [-0.25, -0.2) is 0 Å². The summed E-state index contributed by atoms with van der Waals surface area (Å²) in [5.74, 6) is -0.0508. The molecule has 164 valence electrons. The van der Waals surface area contributed by atoms with Crippen LogP contribution in [0.15, 0.2) is 36.5 Å². The summed E-state index contributed by atoms with van der Waals surface area (Å²) in [6, 6.07) is 8.79. The van der Waals surface area contributed by atoms with Crippen molar-refractivity contribution in [1.82, 2.24) is 14.4 Å². The third-order valence-electron chi connectivity index (χ3n) is 4.90. The van der Waals surface area contributed by atoms with Crippen molar-refractivity contribution in [3.05, 3.63) is 57.8 Å². The highest BCUT2D eigenvalue weighted by atomic mass is 35.5. The molecular formula is C23H31Cl2N3O2. The van der Waals surface area contributed by atoms with Gasteiger partial charge in [0.1, 0.15) is 6.54 Å². The number of rotatable bonds is 10. The van der Waals surface area contributed by atoms with Gasteiger partial charge in [-0.05, 0) is 42.7 Å². The largest absolute Gasteiger partial charge is 0.353 e. The van der Waals surface area contributed by atoms with E-state index >= 15 is 0 Å². The maximum absolute atomic E-state index is 13.2. The number of benzene rings is 1. The van der Waals surface area contributed by atoms with Crippen LogP contribution in [-0.4, -0.2) is 45.8 Å². The monoisotopic (exact) mass is 451 g/mol. The summed E-state index contributed by atoms with van der Waals surface area (Å²) in [7, 11) is 1.97. The average Bonchev–Trinajstić information content (AvgIpc) is 3.10. The second-order valence-corrected chi connectivity index (χ2v) is 8.80. The van der Waals surface area contributed by atoms with Gasteiger partial charge < -0.3 is 14.4 Å². The molecule has 5 nitrogen and oxygen atoms in total. The van der Waals surface area contributed by atoms with Crippen molar-refractivity contribution in [3.8, 4) is 0 Å². The van der Waals surface area contributed by atoms with Crippen molar-refractivity contribution in [2.24, 2.45) is 13.0 Å². The highest BCUT2D eigenvalue weighted by Crippen LogP contribution is 2.23. The molecule has 0 aliphatic heterocycles. The van der Waals surface area contributed by atoms with Gasteiger partial charge in [-0.2, -0.15) is 0 Å². The average molecular weight is 452 g/mol. The lowest BCUT2D eigenvalue weighted by molar-refractivity contribution is -0.132. The first-order valence-electron chi connectivity index (χ1n) is 10.3. The van der Waals surface area contributed by atoms with Crippen LogP contribution in [0.3, 0.4) is 0 Å². The van der Waals surface area contributed by atoms with Gasteiger partial charge in [0, 0.05) is 37.6 Å². The zero-order valence-electron chi connectivity index (χ0n) is 18.2. The summed E-state index contributed by atoms with van der Waals surface area (Å²) < 4.78 is 2.01. The number of aromatic nitrogens is 1. The van der Waals surface area contributed by atoms with Gasteiger partial charge in [0.2, 0.25) is 5.91 Å². The predicted octanol–water partition coefficient (Wildman–Crippen LogP) is 5.26. The Morgan fingerprint density at radius 1 is 1.10 bits per heavy atom. The summed E-state index contributed by atoms with van der Waals surface area (Å²) in [6.07, 6.45) is 3.88. The molecule has 0 radical (unpaired) electrons. The minimum absolute atomic E-state index is 0.0331. The highest BCUT2D eigenvalue weighted by Gasteiger charge is 2.24. The molecule has 1 aromatic heterocycles. The molecule has 7 heteroatoms. The van der Waals surface area contributed by atoms with E-state index in [4.69, 9.17) is 23.2 Å². The van der Waals surface area contributed by atoms with Gasteiger partial charge >= 0.3 is 0 Å². The molecule has 0 N–H and O–H groups in total. The molecule has 0 aliphatic rings. The summed E-state index contributed by atoms with van der Waals surface area (Å²) in [6.45, 7) is 7.86. The molecule has 0 fully saturated rings. The quantitative estimate of drug-likeness (QED) is 0.494. The maximum atomic E-state index is 13.2. The Morgan fingerprint density at radius 2 is 1.83 bits per heavy atom. The molecule has 0 unspecified atom stereocenters. The van der Waals surface area contributed by atoms with Crippen LogP contribution in [0.4, 0.5) is 0 Å². The van der Waals surface area contributed by atoms with Crippen LogP contribution >= 0.6 is 23.2 Å². The van der Waals surface area contributed by atoms with Crippen molar-refractivity contribution in [1.29, 1.82) is 0 Å². The third-order valence-corrected chi connectivity index (χ3v) is 5.64. The molecule has 30 heavy (non-hydrogen) atoms. The number of unbranched alkanes of at least 4 members (excludes halogenated alkanes) is 1. The molecular weight excluding hydrogens is 421 g/mol. The van der Waals surface area contributed by atoms with Crippen LogP contribution in [0.1, 0.15) is 49.7 Å². The number of hydrogen-bond donors (Lipinski definition) is 0. The molecule has 0 bridgehead atoms. The van der Waals surface area contributed by atoms with Gasteiger partial charge in [0.25, 0.3) is 5.91 Å². The van der Waals surface area contributed by atoms with Gasteiger partial charge in [-0.3, -0.25) is 9.59 Å². The van der Waals surface area contributed by atoms with Crippen LogP contribution in [0, 0.1) is 5.92 Å². The van der Waals surface area contributed by atoms with Crippen molar-refractivity contribution in [2.45, 2.75) is 40.2 Å². The van der Waals surface area contributed by atoms with Crippen LogP contribution < -0.4 is 0 Å². The van der Waals surface area contributed by atoms with Crippen molar-refractivity contribution < 1.29 is 9.59 Å². The maximum Gasteiger partial charge on any atom is 0.254 e. The van der Waals surface area contributed by atoms with E-state index in [0.717, 1.165) is 18.5 Å². The predicted molar refractivity (Wildman–Crippen MR) is 123 cm³/mol. The third kappa shape index (κ3) is 6.78. The number of hydrogen-bond acceptors (Lipinski definition) is 2. The number of carbonyl (C=O) groups excluding carboxylic acids is 2. The number of nitrogens with zero attached hydrogens (tertiary/aromatic N) is 3. The lowest BCUT2D eigenvalue weighted by atomic mass is 10.1. The first-order chi connectivity index (χ1) is 14.2. The van der Waals surface area contributed by atoms with Crippen LogP contribution in [0.2, 0.25) is 10.0 Å². The summed E-state index contributed by atoms with van der Waals surface area (Å²) in [5.41, 5.74) is 1.49. The van der Waals surface area contributed by atoms with E-state index in [9.17, 15) is 9.59 Å². The summed E-state index contributed by atoms with van der Waals surface area (Å²) >= 11 is 12.1. The van der Waals surface area contributed by atoms with Crippen molar-refractivity contribution >= 4 is 35.0 Å². The molecule has 2 aromatic rings. The number of amides is 2. The fraction of sp³-hybridized carbons (Fsp3) is 0.478. The van der Waals surface area contributed by atoms with Crippen LogP contribution in [0.25, 0.3) is 0 Å². The lowest BCUT2D eigenvalue weighted by Gasteiger charge is -2.29. The van der Waals surface area contributed by atoms with Gasteiger partial charge in [-0.1, -0.05) is 50.4 Å².